The molecular formula is C25H33ClN2O3S. The molecule has 1 heterocycles. The summed E-state index contributed by atoms with van der Waals surface area (Å²) in [6.07, 6.45) is 5.57. The van der Waals surface area contributed by atoms with Crippen LogP contribution in [0.2, 0.25) is 0 Å². The second kappa shape index (κ2) is 11.3. The molecule has 32 heavy (non-hydrogen) atoms. The van der Waals surface area contributed by atoms with Gasteiger partial charge in [-0.05, 0) is 55.9 Å². The van der Waals surface area contributed by atoms with Gasteiger partial charge in [0.2, 0.25) is 5.91 Å². The van der Waals surface area contributed by atoms with Gasteiger partial charge in [0, 0.05) is 25.9 Å². The number of hydrogen-bond acceptors (Lipinski definition) is 4. The zero-order chi connectivity index (χ0) is 23.1. The summed E-state index contributed by atoms with van der Waals surface area (Å²) in [5.41, 5.74) is 1.96. The Bertz CT molecular complexity index is 980. The molecule has 2 aromatic carbocycles. The molecule has 174 valence electrons. The molecule has 2 unspecified atom stereocenters. The summed E-state index contributed by atoms with van der Waals surface area (Å²) in [5, 5.41) is -0.0436. The van der Waals surface area contributed by atoms with Crippen LogP contribution < -0.4 is 0 Å². The van der Waals surface area contributed by atoms with Crippen LogP contribution in [0, 0.1) is 0 Å². The number of likely N-dealkylation sites (tertiary alicyclic amines) is 1. The minimum absolute atomic E-state index is 0.0436. The largest absolute Gasteiger partial charge is 0.327 e. The van der Waals surface area contributed by atoms with Crippen LogP contribution in [0.25, 0.3) is 0 Å². The van der Waals surface area contributed by atoms with Crippen molar-refractivity contribution >= 4 is 27.3 Å². The second-order valence-corrected chi connectivity index (χ2v) is 11.0. The fourth-order valence-electron chi connectivity index (χ4n) is 4.38. The van der Waals surface area contributed by atoms with Gasteiger partial charge in [-0.15, -0.1) is 11.6 Å². The molecule has 0 saturated carbocycles. The maximum Gasteiger partial charge on any atom is 0.228 e. The van der Waals surface area contributed by atoms with Crippen LogP contribution in [0.3, 0.4) is 0 Å². The van der Waals surface area contributed by atoms with E-state index in [0.29, 0.717) is 6.54 Å². The number of rotatable bonds is 9. The first-order valence-corrected chi connectivity index (χ1v) is 13.6. The normalized spacial score (nSPS) is 18.3. The zero-order valence-electron chi connectivity index (χ0n) is 18.9. The molecule has 0 bridgehead atoms. The molecule has 0 radical (unpaired) electrons. The number of nitrogens with zero attached hydrogens (tertiary/aromatic N) is 2. The van der Waals surface area contributed by atoms with Gasteiger partial charge in [0.25, 0.3) is 0 Å². The number of alkyl halides is 1. The number of carbonyl (C=O) groups is 1. The Balaban J connectivity index is 1.64. The number of sulfone groups is 1. The van der Waals surface area contributed by atoms with Crippen molar-refractivity contribution in [1.82, 2.24) is 9.80 Å². The highest BCUT2D eigenvalue weighted by molar-refractivity contribution is 7.90. The van der Waals surface area contributed by atoms with Gasteiger partial charge < -0.3 is 4.90 Å². The standard InChI is InChI=1S/C25H33ClN2O3S/c1-3-28(25(29)19-20-12-14-22(15-13-20)32(2,30)31)24-11-7-8-17-27(24)18-16-23(26)21-9-5-4-6-10-21/h4-6,9-10,12-15,23-24H,3,7-8,11,16-19H2,1-2H3. The van der Waals surface area contributed by atoms with Crippen LogP contribution in [0.1, 0.15) is 49.1 Å². The lowest BCUT2D eigenvalue weighted by molar-refractivity contribution is -0.138. The topological polar surface area (TPSA) is 57.7 Å². The third-order valence-electron chi connectivity index (χ3n) is 6.14. The Hall–Kier alpha value is -1.89. The molecule has 1 fully saturated rings. The maximum atomic E-state index is 13.2. The van der Waals surface area contributed by atoms with Gasteiger partial charge in [-0.1, -0.05) is 42.5 Å². The van der Waals surface area contributed by atoms with Gasteiger partial charge in [-0.2, -0.15) is 0 Å². The molecule has 3 rings (SSSR count). The van der Waals surface area contributed by atoms with E-state index >= 15 is 0 Å². The number of piperidine rings is 1. The Kier molecular flexibility index (Phi) is 8.74. The van der Waals surface area contributed by atoms with E-state index in [9.17, 15) is 13.2 Å². The Morgan fingerprint density at radius 2 is 1.81 bits per heavy atom. The van der Waals surface area contributed by atoms with Crippen molar-refractivity contribution < 1.29 is 13.2 Å². The highest BCUT2D eigenvalue weighted by Gasteiger charge is 2.30. The van der Waals surface area contributed by atoms with Gasteiger partial charge in [-0.3, -0.25) is 9.69 Å². The van der Waals surface area contributed by atoms with Crippen molar-refractivity contribution in [2.45, 2.75) is 55.5 Å². The van der Waals surface area contributed by atoms with Crippen LogP contribution in [-0.4, -0.2) is 56.2 Å². The number of hydrogen-bond donors (Lipinski definition) is 0. The molecule has 2 atom stereocenters. The first kappa shape index (κ1) is 24.7. The first-order valence-electron chi connectivity index (χ1n) is 11.3. The van der Waals surface area contributed by atoms with E-state index in [2.05, 4.69) is 17.0 Å². The summed E-state index contributed by atoms with van der Waals surface area (Å²) < 4.78 is 23.3. The van der Waals surface area contributed by atoms with Crippen LogP contribution in [-0.2, 0) is 21.1 Å². The van der Waals surface area contributed by atoms with Gasteiger partial charge in [0.05, 0.1) is 22.9 Å². The molecule has 1 amide bonds. The van der Waals surface area contributed by atoms with E-state index in [1.54, 1.807) is 24.3 Å². The quantitative estimate of drug-likeness (QED) is 0.494. The summed E-state index contributed by atoms with van der Waals surface area (Å²) in [4.78, 5) is 17.8. The highest BCUT2D eigenvalue weighted by Crippen LogP contribution is 2.27. The Morgan fingerprint density at radius 1 is 1.12 bits per heavy atom. The van der Waals surface area contributed by atoms with E-state index in [1.165, 1.54) is 6.26 Å². The molecule has 1 aliphatic rings. The monoisotopic (exact) mass is 476 g/mol. The van der Waals surface area contributed by atoms with E-state index in [1.807, 2.05) is 30.0 Å². The van der Waals surface area contributed by atoms with Crippen molar-refractivity contribution in [2.24, 2.45) is 0 Å². The van der Waals surface area contributed by atoms with Gasteiger partial charge in [0.1, 0.15) is 0 Å². The minimum Gasteiger partial charge on any atom is -0.327 e. The van der Waals surface area contributed by atoms with Crippen molar-refractivity contribution in [2.75, 3.05) is 25.9 Å². The van der Waals surface area contributed by atoms with Crippen molar-refractivity contribution in [3.8, 4) is 0 Å². The molecule has 0 spiro atoms. The van der Waals surface area contributed by atoms with E-state index < -0.39 is 9.84 Å². The number of likely N-dealkylation sites (N-methyl/N-ethyl adjacent to an activating group) is 1. The van der Waals surface area contributed by atoms with E-state index in [4.69, 9.17) is 11.6 Å². The van der Waals surface area contributed by atoms with Crippen LogP contribution >= 0.6 is 11.6 Å². The lowest BCUT2D eigenvalue weighted by Gasteiger charge is -2.42. The Morgan fingerprint density at radius 3 is 2.44 bits per heavy atom. The average molecular weight is 477 g/mol. The Labute approximate surface area is 197 Å². The van der Waals surface area contributed by atoms with Crippen molar-refractivity contribution in [1.29, 1.82) is 0 Å². The molecule has 0 N–H and O–H groups in total. The van der Waals surface area contributed by atoms with E-state index in [-0.39, 0.29) is 28.8 Å². The van der Waals surface area contributed by atoms with E-state index in [0.717, 1.165) is 49.9 Å². The third-order valence-corrected chi connectivity index (χ3v) is 7.74. The fraction of sp³-hybridized carbons (Fsp3) is 0.480. The minimum atomic E-state index is -3.24. The summed E-state index contributed by atoms with van der Waals surface area (Å²) in [5.74, 6) is 0.0713. The zero-order valence-corrected chi connectivity index (χ0v) is 20.5. The highest BCUT2D eigenvalue weighted by atomic mass is 35.5. The van der Waals surface area contributed by atoms with Crippen molar-refractivity contribution in [3.05, 3.63) is 65.7 Å². The lowest BCUT2D eigenvalue weighted by Crippen LogP contribution is -2.53. The van der Waals surface area contributed by atoms with Gasteiger partial charge in [-0.25, -0.2) is 8.42 Å². The maximum absolute atomic E-state index is 13.2. The number of benzene rings is 2. The summed E-state index contributed by atoms with van der Waals surface area (Å²) in [7, 11) is -3.24. The number of carbonyl (C=O) groups excluding carboxylic acids is 1. The molecule has 1 aliphatic heterocycles. The first-order chi connectivity index (χ1) is 15.3. The summed E-state index contributed by atoms with van der Waals surface area (Å²) in [6.45, 7) is 4.48. The van der Waals surface area contributed by atoms with Gasteiger partial charge >= 0.3 is 0 Å². The molecule has 5 nitrogen and oxygen atoms in total. The van der Waals surface area contributed by atoms with Gasteiger partial charge in [0.15, 0.2) is 9.84 Å². The predicted molar refractivity (Wildman–Crippen MR) is 130 cm³/mol. The molecule has 2 aromatic rings. The molecule has 7 heteroatoms. The molecule has 0 aromatic heterocycles. The van der Waals surface area contributed by atoms with Crippen molar-refractivity contribution in [3.63, 3.8) is 0 Å². The molecule has 1 saturated heterocycles. The average Bonchev–Trinajstić information content (AvgIpc) is 2.79. The smallest absolute Gasteiger partial charge is 0.228 e. The predicted octanol–water partition coefficient (Wildman–Crippen LogP) is 4.66. The SMILES string of the molecule is CCN(C(=O)Cc1ccc(S(C)(=O)=O)cc1)C1CCCCN1CCC(Cl)c1ccccc1. The number of amides is 1. The molecular weight excluding hydrogens is 444 g/mol. The lowest BCUT2D eigenvalue weighted by atomic mass is 10.0. The summed E-state index contributed by atoms with van der Waals surface area (Å²) in [6, 6.07) is 16.7. The fourth-order valence-corrected chi connectivity index (χ4v) is 5.25. The van der Waals surface area contributed by atoms with Crippen LogP contribution in [0.4, 0.5) is 0 Å². The summed E-state index contributed by atoms with van der Waals surface area (Å²) >= 11 is 6.65. The number of halogens is 1. The van der Waals surface area contributed by atoms with Crippen LogP contribution in [0.5, 0.6) is 0 Å². The molecule has 0 aliphatic carbocycles. The van der Waals surface area contributed by atoms with Crippen LogP contribution in [0.15, 0.2) is 59.5 Å². The second-order valence-electron chi connectivity index (χ2n) is 8.45. The third kappa shape index (κ3) is 6.56.